The third-order valence-electron chi connectivity index (χ3n) is 5.40. The molecule has 1 aliphatic rings. The van der Waals surface area contributed by atoms with Crippen molar-refractivity contribution in [3.8, 4) is 0 Å². The number of benzene rings is 2. The summed E-state index contributed by atoms with van der Waals surface area (Å²) in [6.45, 7) is 7.14. The first-order valence-electron chi connectivity index (χ1n) is 10.4. The SMILES string of the molecule is CCOC1N(c2ccccc2)c2nccnc2N1c1ccc(CC(C)CC)cc1. The first-order chi connectivity index (χ1) is 14.2. The van der Waals surface area contributed by atoms with Crippen LogP contribution in [0.25, 0.3) is 0 Å². The average Bonchev–Trinajstić information content (AvgIpc) is 3.09. The minimum atomic E-state index is -0.333. The van der Waals surface area contributed by atoms with Gasteiger partial charge in [0.25, 0.3) is 0 Å². The van der Waals surface area contributed by atoms with Crippen molar-refractivity contribution in [3.05, 3.63) is 72.6 Å². The van der Waals surface area contributed by atoms with Gasteiger partial charge in [0, 0.05) is 30.4 Å². The molecular weight excluding hydrogens is 360 g/mol. The van der Waals surface area contributed by atoms with Crippen molar-refractivity contribution in [2.45, 2.75) is 40.0 Å². The number of hydrogen-bond acceptors (Lipinski definition) is 5. The molecule has 2 unspecified atom stereocenters. The summed E-state index contributed by atoms with van der Waals surface area (Å²) >= 11 is 0. The number of rotatable bonds is 7. The van der Waals surface area contributed by atoms with E-state index in [1.807, 2.05) is 25.1 Å². The molecule has 0 saturated carbocycles. The molecule has 0 fully saturated rings. The quantitative estimate of drug-likeness (QED) is 0.521. The van der Waals surface area contributed by atoms with Gasteiger partial charge in [-0.15, -0.1) is 0 Å². The summed E-state index contributed by atoms with van der Waals surface area (Å²) < 4.78 is 6.20. The molecule has 2 aromatic carbocycles. The fourth-order valence-corrected chi connectivity index (χ4v) is 3.71. The van der Waals surface area contributed by atoms with E-state index in [0.717, 1.165) is 29.4 Å². The van der Waals surface area contributed by atoms with Crippen molar-refractivity contribution in [2.75, 3.05) is 16.4 Å². The van der Waals surface area contributed by atoms with Crippen LogP contribution in [-0.2, 0) is 11.2 Å². The van der Waals surface area contributed by atoms with Crippen LogP contribution in [0.3, 0.4) is 0 Å². The highest BCUT2D eigenvalue weighted by molar-refractivity contribution is 5.82. The summed E-state index contributed by atoms with van der Waals surface area (Å²) in [6, 6.07) is 19.0. The van der Waals surface area contributed by atoms with E-state index >= 15 is 0 Å². The molecule has 4 rings (SSSR count). The summed E-state index contributed by atoms with van der Waals surface area (Å²) in [6.07, 6.45) is 5.42. The normalized spacial score (nSPS) is 16.7. The number of aromatic nitrogens is 2. The molecule has 5 heteroatoms. The van der Waals surface area contributed by atoms with E-state index in [4.69, 9.17) is 4.74 Å². The Kier molecular flexibility index (Phi) is 5.76. The maximum absolute atomic E-state index is 6.20. The second-order valence-corrected chi connectivity index (χ2v) is 7.44. The van der Waals surface area contributed by atoms with E-state index in [-0.39, 0.29) is 6.35 Å². The predicted octanol–water partition coefficient (Wildman–Crippen LogP) is 5.68. The molecule has 3 aromatic rings. The second-order valence-electron chi connectivity index (χ2n) is 7.44. The number of fused-ring (bicyclic) bond motifs is 1. The molecule has 0 N–H and O–H groups in total. The standard InChI is InChI=1S/C24H28N4O/c1-4-18(3)17-19-11-13-21(14-12-19)28-23-22(25-15-16-26-23)27(24(28)29-5-2)20-9-7-6-8-10-20/h6-16,18,24H,4-5,17H2,1-3H3. The summed E-state index contributed by atoms with van der Waals surface area (Å²) in [5, 5.41) is 0. The Labute approximate surface area is 173 Å². The van der Waals surface area contributed by atoms with Crippen molar-refractivity contribution < 1.29 is 4.74 Å². The minimum Gasteiger partial charge on any atom is -0.340 e. The lowest BCUT2D eigenvalue weighted by molar-refractivity contribution is 0.0767. The highest BCUT2D eigenvalue weighted by Crippen LogP contribution is 2.45. The molecule has 0 radical (unpaired) electrons. The van der Waals surface area contributed by atoms with Crippen LogP contribution in [0.5, 0.6) is 0 Å². The van der Waals surface area contributed by atoms with Crippen LogP contribution in [0.2, 0.25) is 0 Å². The topological polar surface area (TPSA) is 41.5 Å². The molecule has 2 heterocycles. The summed E-state index contributed by atoms with van der Waals surface area (Å²) in [5.41, 5.74) is 3.44. The molecule has 0 bridgehead atoms. The molecule has 0 amide bonds. The fourth-order valence-electron chi connectivity index (χ4n) is 3.71. The van der Waals surface area contributed by atoms with Gasteiger partial charge in [0.2, 0.25) is 6.35 Å². The largest absolute Gasteiger partial charge is 0.340 e. The van der Waals surface area contributed by atoms with E-state index in [2.05, 4.69) is 70.0 Å². The molecule has 0 aliphatic carbocycles. The van der Waals surface area contributed by atoms with Crippen molar-refractivity contribution in [1.29, 1.82) is 0 Å². The van der Waals surface area contributed by atoms with E-state index in [9.17, 15) is 0 Å². The van der Waals surface area contributed by atoms with Gasteiger partial charge in [0.1, 0.15) is 0 Å². The minimum absolute atomic E-state index is 0.333. The van der Waals surface area contributed by atoms with Gasteiger partial charge in [-0.3, -0.25) is 9.80 Å². The summed E-state index contributed by atoms with van der Waals surface area (Å²) in [4.78, 5) is 13.5. The number of nitrogens with zero attached hydrogens (tertiary/aromatic N) is 4. The highest BCUT2D eigenvalue weighted by atomic mass is 16.5. The Morgan fingerprint density at radius 3 is 2.00 bits per heavy atom. The first-order valence-corrected chi connectivity index (χ1v) is 10.4. The Bertz CT molecular complexity index is 929. The number of para-hydroxylation sites is 1. The lowest BCUT2D eigenvalue weighted by Crippen LogP contribution is -2.40. The van der Waals surface area contributed by atoms with Gasteiger partial charge in [-0.05, 0) is 49.1 Å². The summed E-state index contributed by atoms with van der Waals surface area (Å²) in [7, 11) is 0. The molecule has 0 saturated heterocycles. The van der Waals surface area contributed by atoms with Crippen LogP contribution in [-0.4, -0.2) is 22.9 Å². The van der Waals surface area contributed by atoms with Gasteiger partial charge in [0.15, 0.2) is 11.6 Å². The smallest absolute Gasteiger partial charge is 0.221 e. The van der Waals surface area contributed by atoms with E-state index in [1.54, 1.807) is 12.4 Å². The summed E-state index contributed by atoms with van der Waals surface area (Å²) in [5.74, 6) is 2.30. The van der Waals surface area contributed by atoms with Crippen molar-refractivity contribution in [1.82, 2.24) is 9.97 Å². The second kappa shape index (κ2) is 8.62. The highest BCUT2D eigenvalue weighted by Gasteiger charge is 2.40. The van der Waals surface area contributed by atoms with E-state index in [0.29, 0.717) is 12.5 Å². The maximum Gasteiger partial charge on any atom is 0.221 e. The molecule has 0 spiro atoms. The van der Waals surface area contributed by atoms with Crippen molar-refractivity contribution in [3.63, 3.8) is 0 Å². The molecular formula is C24H28N4O. The molecule has 29 heavy (non-hydrogen) atoms. The number of hydrogen-bond donors (Lipinski definition) is 0. The monoisotopic (exact) mass is 388 g/mol. The van der Waals surface area contributed by atoms with Crippen LogP contribution in [0.4, 0.5) is 23.0 Å². The third-order valence-corrected chi connectivity index (χ3v) is 5.40. The van der Waals surface area contributed by atoms with Crippen LogP contribution in [0, 0.1) is 5.92 Å². The zero-order valence-electron chi connectivity index (χ0n) is 17.3. The Hall–Kier alpha value is -2.92. The lowest BCUT2D eigenvalue weighted by atomic mass is 9.99. The maximum atomic E-state index is 6.20. The van der Waals surface area contributed by atoms with Gasteiger partial charge in [0.05, 0.1) is 0 Å². The number of anilines is 4. The van der Waals surface area contributed by atoms with Gasteiger partial charge in [-0.25, -0.2) is 9.97 Å². The Balaban J connectivity index is 1.74. The zero-order valence-corrected chi connectivity index (χ0v) is 17.3. The third kappa shape index (κ3) is 3.83. The van der Waals surface area contributed by atoms with Gasteiger partial charge < -0.3 is 4.74 Å². The Morgan fingerprint density at radius 1 is 0.862 bits per heavy atom. The van der Waals surface area contributed by atoms with Crippen LogP contribution in [0.15, 0.2) is 67.0 Å². The van der Waals surface area contributed by atoms with E-state index < -0.39 is 0 Å². The molecule has 2 atom stereocenters. The van der Waals surface area contributed by atoms with Crippen molar-refractivity contribution in [2.24, 2.45) is 5.92 Å². The lowest BCUT2D eigenvalue weighted by Gasteiger charge is -2.31. The van der Waals surface area contributed by atoms with Gasteiger partial charge >= 0.3 is 0 Å². The molecule has 1 aliphatic heterocycles. The fraction of sp³-hybridized carbons (Fsp3) is 0.333. The van der Waals surface area contributed by atoms with Gasteiger partial charge in [-0.2, -0.15) is 0 Å². The average molecular weight is 389 g/mol. The van der Waals surface area contributed by atoms with Crippen molar-refractivity contribution >= 4 is 23.0 Å². The number of ether oxygens (including phenoxy) is 1. The predicted molar refractivity (Wildman–Crippen MR) is 118 cm³/mol. The van der Waals surface area contributed by atoms with E-state index in [1.165, 1.54) is 12.0 Å². The molecule has 1 aromatic heterocycles. The Morgan fingerprint density at radius 2 is 1.45 bits per heavy atom. The molecule has 150 valence electrons. The van der Waals surface area contributed by atoms with Crippen LogP contribution >= 0.6 is 0 Å². The molecule has 5 nitrogen and oxygen atoms in total. The van der Waals surface area contributed by atoms with Crippen LogP contribution in [0.1, 0.15) is 32.8 Å². The van der Waals surface area contributed by atoms with Crippen LogP contribution < -0.4 is 9.80 Å². The first kappa shape index (κ1) is 19.4. The zero-order chi connectivity index (χ0) is 20.2. The van der Waals surface area contributed by atoms with Gasteiger partial charge in [-0.1, -0.05) is 50.6 Å².